The Morgan fingerprint density at radius 1 is 1.18 bits per heavy atom. The number of hydrogen-bond donors (Lipinski definition) is 0. The van der Waals surface area contributed by atoms with E-state index in [1.54, 1.807) is 4.90 Å². The van der Waals surface area contributed by atoms with Crippen LogP contribution in [0.1, 0.15) is 25.1 Å². The molecule has 1 aromatic heterocycles. The third kappa shape index (κ3) is 5.42. The molecule has 1 aliphatic heterocycles. The summed E-state index contributed by atoms with van der Waals surface area (Å²) in [7, 11) is 0. The van der Waals surface area contributed by atoms with Gasteiger partial charge in [-0.2, -0.15) is 4.98 Å². The van der Waals surface area contributed by atoms with E-state index in [-0.39, 0.29) is 12.5 Å². The van der Waals surface area contributed by atoms with Crippen molar-refractivity contribution in [2.24, 2.45) is 0 Å². The summed E-state index contributed by atoms with van der Waals surface area (Å²) in [5.41, 5.74) is 2.00. The first-order valence-electron chi connectivity index (χ1n) is 9.84. The van der Waals surface area contributed by atoms with Gasteiger partial charge in [0.05, 0.1) is 13.2 Å². The van der Waals surface area contributed by atoms with Gasteiger partial charge < -0.3 is 19.3 Å². The van der Waals surface area contributed by atoms with E-state index in [2.05, 4.69) is 14.9 Å². The fourth-order valence-electron chi connectivity index (χ4n) is 3.03. The molecule has 1 fully saturated rings. The van der Waals surface area contributed by atoms with E-state index in [0.29, 0.717) is 38.1 Å². The van der Waals surface area contributed by atoms with E-state index in [9.17, 15) is 4.79 Å². The van der Waals surface area contributed by atoms with E-state index in [1.165, 1.54) is 0 Å². The molecule has 0 N–H and O–H groups in total. The highest BCUT2D eigenvalue weighted by atomic mass is 16.5. The molecule has 2 aromatic rings. The Hall–Kier alpha value is -2.67. The van der Waals surface area contributed by atoms with Gasteiger partial charge >= 0.3 is 0 Å². The molecule has 28 heavy (non-hydrogen) atoms. The van der Waals surface area contributed by atoms with E-state index < -0.39 is 0 Å². The predicted octanol–water partition coefficient (Wildman–Crippen LogP) is 2.30. The maximum absolute atomic E-state index is 12.6. The maximum atomic E-state index is 12.6. The topological polar surface area (TPSA) is 67.8 Å². The Morgan fingerprint density at radius 3 is 2.61 bits per heavy atom. The standard InChI is InChI=1S/C21H28N4O3/c1-3-18-14-19(23-21(22-18)25-10-12-27-13-11-25)28-16-20(26)24(4-2)15-17-8-6-5-7-9-17/h5-9,14H,3-4,10-13,15-16H2,1-2H3. The molecule has 7 heteroatoms. The number of ether oxygens (including phenoxy) is 2. The van der Waals surface area contributed by atoms with Gasteiger partial charge in [-0.05, 0) is 18.9 Å². The summed E-state index contributed by atoms with van der Waals surface area (Å²) in [6, 6.07) is 11.8. The predicted molar refractivity (Wildman–Crippen MR) is 107 cm³/mol. The highest BCUT2D eigenvalue weighted by Crippen LogP contribution is 2.18. The highest BCUT2D eigenvalue weighted by molar-refractivity contribution is 5.77. The highest BCUT2D eigenvalue weighted by Gasteiger charge is 2.17. The summed E-state index contributed by atoms with van der Waals surface area (Å²) < 4.78 is 11.2. The third-order valence-electron chi connectivity index (χ3n) is 4.69. The van der Waals surface area contributed by atoms with Gasteiger partial charge in [0, 0.05) is 37.9 Å². The molecule has 7 nitrogen and oxygen atoms in total. The number of aromatic nitrogens is 2. The number of nitrogens with zero attached hydrogens (tertiary/aromatic N) is 4. The Kier molecular flexibility index (Phi) is 7.19. The van der Waals surface area contributed by atoms with Crippen molar-refractivity contribution in [1.82, 2.24) is 14.9 Å². The summed E-state index contributed by atoms with van der Waals surface area (Å²) in [4.78, 5) is 25.6. The monoisotopic (exact) mass is 384 g/mol. The van der Waals surface area contributed by atoms with Crippen LogP contribution in [-0.2, 0) is 22.5 Å². The Morgan fingerprint density at radius 2 is 1.93 bits per heavy atom. The van der Waals surface area contributed by atoms with Gasteiger partial charge in [0.15, 0.2) is 6.61 Å². The van der Waals surface area contributed by atoms with Gasteiger partial charge in [-0.3, -0.25) is 4.79 Å². The molecule has 150 valence electrons. The van der Waals surface area contributed by atoms with E-state index in [0.717, 1.165) is 30.8 Å². The van der Waals surface area contributed by atoms with Crippen LogP contribution >= 0.6 is 0 Å². The number of aryl methyl sites for hydroxylation is 1. The normalized spacial score (nSPS) is 14.0. The van der Waals surface area contributed by atoms with Gasteiger partial charge in [-0.1, -0.05) is 37.3 Å². The molecule has 3 rings (SSSR count). The first-order chi connectivity index (χ1) is 13.7. The molecule has 0 radical (unpaired) electrons. The van der Waals surface area contributed by atoms with Gasteiger partial charge in [-0.15, -0.1) is 0 Å². The number of morpholine rings is 1. The second kappa shape index (κ2) is 10.0. The zero-order valence-electron chi connectivity index (χ0n) is 16.6. The SMILES string of the molecule is CCc1cc(OCC(=O)N(CC)Cc2ccccc2)nc(N2CCOCC2)n1. The lowest BCUT2D eigenvalue weighted by atomic mass is 10.2. The van der Waals surface area contributed by atoms with Crippen molar-refractivity contribution >= 4 is 11.9 Å². The van der Waals surface area contributed by atoms with Crippen LogP contribution in [0.2, 0.25) is 0 Å². The first-order valence-corrected chi connectivity index (χ1v) is 9.84. The van der Waals surface area contributed by atoms with E-state index in [1.807, 2.05) is 50.2 Å². The van der Waals surface area contributed by atoms with Crippen molar-refractivity contribution in [2.45, 2.75) is 26.8 Å². The molecule has 2 heterocycles. The van der Waals surface area contributed by atoms with E-state index in [4.69, 9.17) is 9.47 Å². The third-order valence-corrected chi connectivity index (χ3v) is 4.69. The minimum Gasteiger partial charge on any atom is -0.467 e. The van der Waals surface area contributed by atoms with Crippen LogP contribution in [0.3, 0.4) is 0 Å². The summed E-state index contributed by atoms with van der Waals surface area (Å²) >= 11 is 0. The Balaban J connectivity index is 1.64. The lowest BCUT2D eigenvalue weighted by Crippen LogP contribution is -2.37. The molecule has 0 saturated carbocycles. The van der Waals surface area contributed by atoms with Crippen LogP contribution in [0.15, 0.2) is 36.4 Å². The number of carbonyl (C=O) groups is 1. The lowest BCUT2D eigenvalue weighted by Gasteiger charge is -2.27. The van der Waals surface area contributed by atoms with Crippen molar-refractivity contribution in [2.75, 3.05) is 44.4 Å². The number of carbonyl (C=O) groups excluding carboxylic acids is 1. The van der Waals surface area contributed by atoms with Crippen molar-refractivity contribution in [3.8, 4) is 5.88 Å². The average molecular weight is 384 g/mol. The van der Waals surface area contributed by atoms with Crippen molar-refractivity contribution in [3.05, 3.63) is 47.7 Å². The summed E-state index contributed by atoms with van der Waals surface area (Å²) in [5, 5.41) is 0. The van der Waals surface area contributed by atoms with Crippen LogP contribution in [0.5, 0.6) is 5.88 Å². The molecule has 1 aliphatic rings. The summed E-state index contributed by atoms with van der Waals surface area (Å²) in [6.45, 7) is 8.01. The summed E-state index contributed by atoms with van der Waals surface area (Å²) in [5.74, 6) is 1.02. The number of amides is 1. The van der Waals surface area contributed by atoms with Crippen molar-refractivity contribution in [3.63, 3.8) is 0 Å². The number of anilines is 1. The molecular weight excluding hydrogens is 356 g/mol. The Labute approximate surface area is 166 Å². The van der Waals surface area contributed by atoms with Crippen LogP contribution in [-0.4, -0.2) is 60.2 Å². The largest absolute Gasteiger partial charge is 0.467 e. The quantitative estimate of drug-likeness (QED) is 0.696. The Bertz CT molecular complexity index is 764. The zero-order chi connectivity index (χ0) is 19.8. The second-order valence-corrected chi connectivity index (χ2v) is 6.63. The molecular formula is C21H28N4O3. The molecule has 1 aromatic carbocycles. The molecule has 0 spiro atoms. The fraction of sp³-hybridized carbons (Fsp3) is 0.476. The molecule has 1 saturated heterocycles. The summed E-state index contributed by atoms with van der Waals surface area (Å²) in [6.07, 6.45) is 0.777. The number of hydrogen-bond acceptors (Lipinski definition) is 6. The van der Waals surface area contributed by atoms with Crippen LogP contribution < -0.4 is 9.64 Å². The van der Waals surface area contributed by atoms with Crippen molar-refractivity contribution < 1.29 is 14.3 Å². The first kappa shape index (κ1) is 20.1. The maximum Gasteiger partial charge on any atom is 0.260 e. The lowest BCUT2D eigenvalue weighted by molar-refractivity contribution is -0.133. The molecule has 1 amide bonds. The molecule has 0 aliphatic carbocycles. The van der Waals surface area contributed by atoms with Crippen LogP contribution in [0.4, 0.5) is 5.95 Å². The average Bonchev–Trinajstić information content (AvgIpc) is 2.76. The fourth-order valence-corrected chi connectivity index (χ4v) is 3.03. The van der Waals surface area contributed by atoms with Crippen LogP contribution in [0.25, 0.3) is 0 Å². The molecule has 0 bridgehead atoms. The van der Waals surface area contributed by atoms with Gasteiger partial charge in [0.25, 0.3) is 5.91 Å². The minimum atomic E-state index is -0.0593. The van der Waals surface area contributed by atoms with Gasteiger partial charge in [0.1, 0.15) is 0 Å². The number of benzene rings is 1. The van der Waals surface area contributed by atoms with Gasteiger partial charge in [0.2, 0.25) is 11.8 Å². The van der Waals surface area contributed by atoms with E-state index >= 15 is 0 Å². The van der Waals surface area contributed by atoms with Crippen molar-refractivity contribution in [1.29, 1.82) is 0 Å². The molecule has 0 unspecified atom stereocenters. The smallest absolute Gasteiger partial charge is 0.260 e. The second-order valence-electron chi connectivity index (χ2n) is 6.63. The zero-order valence-corrected chi connectivity index (χ0v) is 16.6. The molecule has 0 atom stereocenters. The van der Waals surface area contributed by atoms with Gasteiger partial charge in [-0.25, -0.2) is 4.98 Å². The van der Waals surface area contributed by atoms with Crippen LogP contribution in [0, 0.1) is 0 Å². The minimum absolute atomic E-state index is 0.0383. The number of likely N-dealkylation sites (N-methyl/N-ethyl adjacent to an activating group) is 1. The number of rotatable bonds is 8.